The van der Waals surface area contributed by atoms with Gasteiger partial charge in [-0.2, -0.15) is 0 Å². The van der Waals surface area contributed by atoms with Gasteiger partial charge in [0.1, 0.15) is 16.6 Å². The predicted molar refractivity (Wildman–Crippen MR) is 81.3 cm³/mol. The lowest BCUT2D eigenvalue weighted by Crippen LogP contribution is -2.23. The predicted octanol–water partition coefficient (Wildman–Crippen LogP) is 1.85. The number of hydrogen-bond donors (Lipinski definition) is 1. The van der Waals surface area contributed by atoms with Crippen molar-refractivity contribution in [3.63, 3.8) is 0 Å². The minimum atomic E-state index is -3.54. The lowest BCUT2D eigenvalue weighted by molar-refractivity contribution is 0.0468. The summed E-state index contributed by atoms with van der Waals surface area (Å²) in [7, 11) is -3.54. The molecule has 0 unspecified atom stereocenters. The SMILES string of the molecule is CCNS(=O)(=O)c1ccc(C(=O)OCc2nnsc2Cl)cc1. The lowest BCUT2D eigenvalue weighted by Gasteiger charge is -2.06. The largest absolute Gasteiger partial charge is 0.455 e. The van der Waals surface area contributed by atoms with Gasteiger partial charge in [0.2, 0.25) is 10.0 Å². The second kappa shape index (κ2) is 7.14. The number of hydrogen-bond acceptors (Lipinski definition) is 7. The fourth-order valence-corrected chi connectivity index (χ4v) is 3.19. The van der Waals surface area contributed by atoms with Crippen LogP contribution >= 0.6 is 23.1 Å². The highest BCUT2D eigenvalue weighted by Gasteiger charge is 2.15. The molecule has 0 amide bonds. The molecular formula is C12H12ClN3O4S2. The van der Waals surface area contributed by atoms with Crippen molar-refractivity contribution in [1.82, 2.24) is 14.3 Å². The Morgan fingerprint density at radius 3 is 2.59 bits per heavy atom. The number of carbonyl (C=O) groups is 1. The van der Waals surface area contributed by atoms with Crippen molar-refractivity contribution in [3.05, 3.63) is 39.9 Å². The van der Waals surface area contributed by atoms with Crippen LogP contribution in [0, 0.1) is 0 Å². The van der Waals surface area contributed by atoms with E-state index in [1.807, 2.05) is 0 Å². The molecule has 0 atom stereocenters. The van der Waals surface area contributed by atoms with E-state index in [4.69, 9.17) is 16.3 Å². The van der Waals surface area contributed by atoms with E-state index in [0.29, 0.717) is 10.0 Å². The smallest absolute Gasteiger partial charge is 0.338 e. The van der Waals surface area contributed by atoms with Crippen molar-refractivity contribution in [1.29, 1.82) is 0 Å². The summed E-state index contributed by atoms with van der Waals surface area (Å²) in [5.74, 6) is -0.600. The fourth-order valence-electron chi connectivity index (χ4n) is 1.54. The molecule has 1 aromatic heterocycles. The molecule has 0 aliphatic rings. The third-order valence-electron chi connectivity index (χ3n) is 2.58. The van der Waals surface area contributed by atoms with Gasteiger partial charge in [-0.1, -0.05) is 23.0 Å². The molecule has 1 heterocycles. The minimum Gasteiger partial charge on any atom is -0.455 e. The van der Waals surface area contributed by atoms with Gasteiger partial charge in [-0.25, -0.2) is 17.9 Å². The van der Waals surface area contributed by atoms with Crippen LogP contribution in [-0.4, -0.2) is 30.5 Å². The number of nitrogens with zero attached hydrogens (tertiary/aromatic N) is 2. The van der Waals surface area contributed by atoms with Crippen LogP contribution in [0.2, 0.25) is 4.34 Å². The van der Waals surface area contributed by atoms with Crippen LogP contribution in [0.15, 0.2) is 29.2 Å². The molecule has 7 nitrogen and oxygen atoms in total. The van der Waals surface area contributed by atoms with Crippen molar-refractivity contribution in [2.45, 2.75) is 18.4 Å². The number of esters is 1. The second-order valence-electron chi connectivity index (χ2n) is 4.10. The number of halogens is 1. The van der Waals surface area contributed by atoms with Crippen LogP contribution < -0.4 is 4.72 Å². The van der Waals surface area contributed by atoms with Gasteiger partial charge in [0.15, 0.2) is 0 Å². The molecule has 0 radical (unpaired) electrons. The Labute approximate surface area is 136 Å². The second-order valence-corrected chi connectivity index (χ2v) is 7.22. The van der Waals surface area contributed by atoms with Crippen molar-refractivity contribution in [2.75, 3.05) is 6.54 Å². The molecule has 1 aromatic carbocycles. The number of sulfonamides is 1. The lowest BCUT2D eigenvalue weighted by atomic mass is 10.2. The Morgan fingerprint density at radius 1 is 1.36 bits per heavy atom. The van der Waals surface area contributed by atoms with Crippen LogP contribution in [0.4, 0.5) is 0 Å². The summed E-state index contributed by atoms with van der Waals surface area (Å²) in [6.45, 7) is 1.88. The average molecular weight is 362 g/mol. The first-order valence-electron chi connectivity index (χ1n) is 6.17. The number of rotatable bonds is 6. The summed E-state index contributed by atoms with van der Waals surface area (Å²) in [6.07, 6.45) is 0. The van der Waals surface area contributed by atoms with E-state index in [1.54, 1.807) is 6.92 Å². The topological polar surface area (TPSA) is 98.2 Å². The normalized spacial score (nSPS) is 11.4. The average Bonchev–Trinajstić information content (AvgIpc) is 2.90. The molecule has 0 saturated heterocycles. The molecule has 0 aliphatic carbocycles. The van der Waals surface area contributed by atoms with E-state index in [9.17, 15) is 13.2 Å². The maximum atomic E-state index is 11.9. The van der Waals surface area contributed by atoms with Gasteiger partial charge in [-0.3, -0.25) is 0 Å². The van der Waals surface area contributed by atoms with Gasteiger partial charge in [-0.05, 0) is 24.3 Å². The zero-order valence-electron chi connectivity index (χ0n) is 11.4. The van der Waals surface area contributed by atoms with Gasteiger partial charge >= 0.3 is 5.97 Å². The number of carbonyl (C=O) groups excluding carboxylic acids is 1. The van der Waals surface area contributed by atoms with Gasteiger partial charge in [0.05, 0.1) is 10.5 Å². The first kappa shape index (κ1) is 16.8. The van der Waals surface area contributed by atoms with Crippen LogP contribution in [0.25, 0.3) is 0 Å². The van der Waals surface area contributed by atoms with E-state index in [-0.39, 0.29) is 23.6 Å². The van der Waals surface area contributed by atoms with Gasteiger partial charge < -0.3 is 4.74 Å². The fraction of sp³-hybridized carbons (Fsp3) is 0.250. The molecule has 2 rings (SSSR count). The molecular weight excluding hydrogens is 350 g/mol. The maximum Gasteiger partial charge on any atom is 0.338 e. The zero-order chi connectivity index (χ0) is 16.2. The Morgan fingerprint density at radius 2 is 2.05 bits per heavy atom. The Hall–Kier alpha value is -1.55. The minimum absolute atomic E-state index is 0.0812. The maximum absolute atomic E-state index is 11.9. The van der Waals surface area contributed by atoms with E-state index in [2.05, 4.69) is 14.3 Å². The summed E-state index contributed by atoms with van der Waals surface area (Å²) in [6, 6.07) is 5.44. The van der Waals surface area contributed by atoms with Crippen LogP contribution in [-0.2, 0) is 21.4 Å². The van der Waals surface area contributed by atoms with Gasteiger partial charge in [0, 0.05) is 18.1 Å². The number of benzene rings is 1. The first-order chi connectivity index (χ1) is 10.4. The standard InChI is InChI=1S/C12H12ClN3O4S2/c1-2-14-22(18,19)9-5-3-8(4-6-9)12(17)20-7-10-11(13)21-16-15-10/h3-6,14H,2,7H2,1H3. The summed E-state index contributed by atoms with van der Waals surface area (Å²) in [5.41, 5.74) is 0.612. The van der Waals surface area contributed by atoms with E-state index in [0.717, 1.165) is 11.5 Å². The highest BCUT2D eigenvalue weighted by Crippen LogP contribution is 2.18. The van der Waals surface area contributed by atoms with Crippen LogP contribution in [0.1, 0.15) is 23.0 Å². The quantitative estimate of drug-likeness (QED) is 0.788. The van der Waals surface area contributed by atoms with Crippen molar-refractivity contribution in [2.24, 2.45) is 0 Å². The number of ether oxygens (including phenoxy) is 1. The molecule has 0 bridgehead atoms. The molecule has 0 fully saturated rings. The summed E-state index contributed by atoms with van der Waals surface area (Å²) in [5, 5.41) is 3.72. The Bertz CT molecular complexity index is 759. The van der Waals surface area contributed by atoms with Gasteiger partial charge in [0.25, 0.3) is 0 Å². The molecule has 2 aromatic rings. The van der Waals surface area contributed by atoms with Crippen LogP contribution in [0.5, 0.6) is 0 Å². The molecule has 10 heteroatoms. The summed E-state index contributed by atoms with van der Waals surface area (Å²) >= 11 is 6.80. The van der Waals surface area contributed by atoms with Crippen molar-refractivity contribution in [3.8, 4) is 0 Å². The number of aromatic nitrogens is 2. The van der Waals surface area contributed by atoms with Crippen molar-refractivity contribution < 1.29 is 17.9 Å². The van der Waals surface area contributed by atoms with Crippen molar-refractivity contribution >= 4 is 39.1 Å². The third-order valence-corrected chi connectivity index (χ3v) is 5.13. The summed E-state index contributed by atoms with van der Waals surface area (Å²) in [4.78, 5) is 11.9. The van der Waals surface area contributed by atoms with Gasteiger partial charge in [-0.15, -0.1) is 5.10 Å². The van der Waals surface area contributed by atoms with E-state index >= 15 is 0 Å². The molecule has 22 heavy (non-hydrogen) atoms. The summed E-state index contributed by atoms with van der Waals surface area (Å²) < 4.78 is 34.9. The highest BCUT2D eigenvalue weighted by molar-refractivity contribution is 7.89. The Kier molecular flexibility index (Phi) is 5.46. The molecule has 0 saturated carbocycles. The number of nitrogens with one attached hydrogen (secondary N) is 1. The first-order valence-corrected chi connectivity index (χ1v) is 8.81. The zero-order valence-corrected chi connectivity index (χ0v) is 13.8. The Balaban J connectivity index is 2.04. The molecule has 0 aliphatic heterocycles. The molecule has 1 N–H and O–H groups in total. The van der Waals surface area contributed by atoms with E-state index in [1.165, 1.54) is 24.3 Å². The van der Waals surface area contributed by atoms with E-state index < -0.39 is 16.0 Å². The highest BCUT2D eigenvalue weighted by atomic mass is 35.5. The third kappa shape index (κ3) is 4.01. The molecule has 118 valence electrons. The molecule has 0 spiro atoms. The van der Waals surface area contributed by atoms with Crippen LogP contribution in [0.3, 0.4) is 0 Å². The monoisotopic (exact) mass is 361 g/mol.